The van der Waals surface area contributed by atoms with E-state index in [-0.39, 0.29) is 24.0 Å². The van der Waals surface area contributed by atoms with Gasteiger partial charge in [0.05, 0.1) is 11.1 Å². The van der Waals surface area contributed by atoms with Gasteiger partial charge in [0.1, 0.15) is 5.82 Å². The molecule has 0 spiro atoms. The van der Waals surface area contributed by atoms with E-state index in [2.05, 4.69) is 21.2 Å². The third kappa shape index (κ3) is 3.46. The summed E-state index contributed by atoms with van der Waals surface area (Å²) in [6, 6.07) is 4.48. The highest BCUT2D eigenvalue weighted by Crippen LogP contribution is 2.38. The predicted octanol–water partition coefficient (Wildman–Crippen LogP) is 3.47. The van der Waals surface area contributed by atoms with Gasteiger partial charge >= 0.3 is 0 Å². The molecular weight excluding hydrogens is 335 g/mol. The molecule has 19 heavy (non-hydrogen) atoms. The summed E-state index contributed by atoms with van der Waals surface area (Å²) in [5.74, 6) is -0.601. The topological polar surface area (TPSA) is 55.1 Å². The van der Waals surface area contributed by atoms with Gasteiger partial charge in [0.25, 0.3) is 0 Å². The van der Waals surface area contributed by atoms with Gasteiger partial charge in [-0.25, -0.2) is 4.39 Å². The first-order chi connectivity index (χ1) is 8.57. The average molecular weight is 352 g/mol. The minimum absolute atomic E-state index is 0. The molecule has 0 heterocycles. The maximum absolute atomic E-state index is 13.6. The summed E-state index contributed by atoms with van der Waals surface area (Å²) in [5, 5.41) is 2.66. The molecule has 3 nitrogen and oxygen atoms in total. The van der Waals surface area contributed by atoms with Crippen LogP contribution < -0.4 is 11.1 Å². The number of amides is 1. The molecule has 1 aromatic carbocycles. The molecule has 6 heteroatoms. The largest absolute Gasteiger partial charge is 0.329 e. The number of nitrogens with one attached hydrogen (secondary N) is 1. The molecule has 0 bridgehead atoms. The Bertz CT molecular complexity index is 464. The minimum atomic E-state index is -0.519. The molecule has 1 aromatic rings. The molecule has 2 rings (SSSR count). The second kappa shape index (κ2) is 6.68. The van der Waals surface area contributed by atoms with Crippen LogP contribution in [0.15, 0.2) is 22.7 Å². The van der Waals surface area contributed by atoms with Gasteiger partial charge in [-0.15, -0.1) is 12.4 Å². The lowest BCUT2D eigenvalue weighted by atomic mass is 9.85. The van der Waals surface area contributed by atoms with E-state index in [0.29, 0.717) is 6.54 Å². The molecule has 1 amide bonds. The van der Waals surface area contributed by atoms with Gasteiger partial charge in [-0.05, 0) is 31.0 Å². The summed E-state index contributed by atoms with van der Waals surface area (Å²) in [7, 11) is 0. The van der Waals surface area contributed by atoms with Crippen LogP contribution in [0.3, 0.4) is 0 Å². The normalized spacial score (nSPS) is 16.8. The van der Waals surface area contributed by atoms with E-state index in [1.165, 1.54) is 6.07 Å². The Morgan fingerprint density at radius 1 is 1.42 bits per heavy atom. The van der Waals surface area contributed by atoms with Crippen molar-refractivity contribution in [3.63, 3.8) is 0 Å². The van der Waals surface area contributed by atoms with Crippen LogP contribution in [0.4, 0.5) is 10.1 Å². The van der Waals surface area contributed by atoms with Crippen LogP contribution in [0.25, 0.3) is 0 Å². The first-order valence-electron chi connectivity index (χ1n) is 6.04. The number of anilines is 1. The number of benzene rings is 1. The summed E-state index contributed by atoms with van der Waals surface area (Å²) >= 11 is 3.26. The number of carbonyl (C=O) groups is 1. The van der Waals surface area contributed by atoms with E-state index >= 15 is 0 Å². The highest BCUT2D eigenvalue weighted by atomic mass is 79.9. The maximum Gasteiger partial charge on any atom is 0.231 e. The number of hydrogen-bond donors (Lipinski definition) is 2. The van der Waals surface area contributed by atoms with Crippen molar-refractivity contribution in [3.05, 3.63) is 28.5 Å². The summed E-state index contributed by atoms with van der Waals surface area (Å²) in [4.78, 5) is 12.3. The van der Waals surface area contributed by atoms with Gasteiger partial charge in [-0.3, -0.25) is 4.79 Å². The standard InChI is InChI=1S/C13H16BrFN2O.ClH/c14-9-3-4-10(15)11(7-9)17-12(18)13(8-16)5-1-2-6-13;/h3-4,7H,1-2,5-6,8,16H2,(H,17,18);1H. The number of halogens is 3. The Morgan fingerprint density at radius 3 is 2.63 bits per heavy atom. The van der Waals surface area contributed by atoms with Crippen LogP contribution in [0.1, 0.15) is 25.7 Å². The Hall–Kier alpha value is -0.650. The Kier molecular flexibility index (Phi) is 5.77. The third-order valence-electron chi connectivity index (χ3n) is 3.61. The van der Waals surface area contributed by atoms with Crippen LogP contribution in [0.5, 0.6) is 0 Å². The Labute approximate surface area is 126 Å². The lowest BCUT2D eigenvalue weighted by molar-refractivity contribution is -0.124. The first-order valence-corrected chi connectivity index (χ1v) is 6.83. The zero-order valence-corrected chi connectivity index (χ0v) is 12.8. The molecule has 0 saturated heterocycles. The fourth-order valence-electron chi connectivity index (χ4n) is 2.42. The molecule has 106 valence electrons. The third-order valence-corrected chi connectivity index (χ3v) is 4.10. The molecule has 1 fully saturated rings. The summed E-state index contributed by atoms with van der Waals surface area (Å²) in [6.45, 7) is 0.314. The molecule has 3 N–H and O–H groups in total. The van der Waals surface area contributed by atoms with Crippen LogP contribution in [-0.4, -0.2) is 12.5 Å². The van der Waals surface area contributed by atoms with Crippen molar-refractivity contribution in [1.29, 1.82) is 0 Å². The molecule has 0 aliphatic heterocycles. The summed E-state index contributed by atoms with van der Waals surface area (Å²) in [5.41, 5.74) is 5.41. The SMILES string of the molecule is Cl.NCC1(C(=O)Nc2cc(Br)ccc2F)CCCC1. The van der Waals surface area contributed by atoms with E-state index in [1.54, 1.807) is 12.1 Å². The predicted molar refractivity (Wildman–Crippen MR) is 79.9 cm³/mol. The van der Waals surface area contributed by atoms with Gasteiger partial charge in [-0.2, -0.15) is 0 Å². The van der Waals surface area contributed by atoms with Crippen LogP contribution in [0, 0.1) is 11.2 Å². The molecule has 1 aliphatic carbocycles. The fourth-order valence-corrected chi connectivity index (χ4v) is 2.78. The maximum atomic E-state index is 13.6. The van der Waals surface area contributed by atoms with Gasteiger partial charge in [0.15, 0.2) is 0 Å². The van der Waals surface area contributed by atoms with Gasteiger partial charge in [0.2, 0.25) is 5.91 Å². The van der Waals surface area contributed by atoms with Gasteiger partial charge in [-0.1, -0.05) is 28.8 Å². The highest BCUT2D eigenvalue weighted by molar-refractivity contribution is 9.10. The molecule has 1 aliphatic rings. The van der Waals surface area contributed by atoms with E-state index < -0.39 is 11.2 Å². The molecule has 0 unspecified atom stereocenters. The van der Waals surface area contributed by atoms with Crippen molar-refractivity contribution in [2.45, 2.75) is 25.7 Å². The lowest BCUT2D eigenvalue weighted by Gasteiger charge is -2.25. The van der Waals surface area contributed by atoms with Crippen molar-refractivity contribution in [2.75, 3.05) is 11.9 Å². The van der Waals surface area contributed by atoms with Crippen LogP contribution in [-0.2, 0) is 4.79 Å². The number of hydrogen-bond acceptors (Lipinski definition) is 2. The second-order valence-electron chi connectivity index (χ2n) is 4.77. The zero-order chi connectivity index (χ0) is 13.2. The Balaban J connectivity index is 0.00000180. The molecule has 0 radical (unpaired) electrons. The van der Waals surface area contributed by atoms with E-state index in [1.807, 2.05) is 0 Å². The van der Waals surface area contributed by atoms with Crippen molar-refractivity contribution in [1.82, 2.24) is 0 Å². The molecule has 0 atom stereocenters. The van der Waals surface area contributed by atoms with E-state index in [0.717, 1.165) is 30.2 Å². The monoisotopic (exact) mass is 350 g/mol. The Morgan fingerprint density at radius 2 is 2.05 bits per heavy atom. The summed E-state index contributed by atoms with van der Waals surface area (Å²) < 4.78 is 14.3. The quantitative estimate of drug-likeness (QED) is 0.876. The second-order valence-corrected chi connectivity index (χ2v) is 5.69. The zero-order valence-electron chi connectivity index (χ0n) is 10.4. The minimum Gasteiger partial charge on any atom is -0.329 e. The van der Waals surface area contributed by atoms with Crippen molar-refractivity contribution < 1.29 is 9.18 Å². The highest BCUT2D eigenvalue weighted by Gasteiger charge is 2.40. The smallest absolute Gasteiger partial charge is 0.231 e. The number of carbonyl (C=O) groups excluding carboxylic acids is 1. The fraction of sp³-hybridized carbons (Fsp3) is 0.462. The van der Waals surface area contributed by atoms with Gasteiger partial charge < -0.3 is 11.1 Å². The molecular formula is C13H17BrClFN2O. The summed E-state index contributed by atoms with van der Waals surface area (Å²) in [6.07, 6.45) is 3.58. The molecule has 0 aromatic heterocycles. The molecule has 1 saturated carbocycles. The van der Waals surface area contributed by atoms with Crippen LogP contribution in [0.2, 0.25) is 0 Å². The lowest BCUT2D eigenvalue weighted by Crippen LogP contribution is -2.40. The van der Waals surface area contributed by atoms with Crippen LogP contribution >= 0.6 is 28.3 Å². The van der Waals surface area contributed by atoms with Crippen molar-refractivity contribution in [2.24, 2.45) is 11.1 Å². The van der Waals surface area contributed by atoms with Crippen molar-refractivity contribution in [3.8, 4) is 0 Å². The van der Waals surface area contributed by atoms with E-state index in [4.69, 9.17) is 5.73 Å². The van der Waals surface area contributed by atoms with E-state index in [9.17, 15) is 9.18 Å². The number of rotatable bonds is 3. The number of nitrogens with two attached hydrogens (primary N) is 1. The van der Waals surface area contributed by atoms with Gasteiger partial charge in [0, 0.05) is 11.0 Å². The first kappa shape index (κ1) is 16.4. The average Bonchev–Trinajstić information content (AvgIpc) is 2.84. The van der Waals surface area contributed by atoms with Crippen molar-refractivity contribution >= 4 is 39.9 Å².